The molecule has 10 heteroatoms. The Morgan fingerprint density at radius 1 is 1.09 bits per heavy atom. The molecule has 0 saturated carbocycles. The summed E-state index contributed by atoms with van der Waals surface area (Å²) >= 11 is 7.42. The Morgan fingerprint density at radius 3 is 2.52 bits per heavy atom. The van der Waals surface area contributed by atoms with Crippen LogP contribution in [0.4, 0.5) is 11.4 Å². The van der Waals surface area contributed by atoms with E-state index in [1.54, 1.807) is 61.5 Å². The lowest BCUT2D eigenvalue weighted by Gasteiger charge is -2.17. The van der Waals surface area contributed by atoms with Crippen molar-refractivity contribution < 1.29 is 9.72 Å². The summed E-state index contributed by atoms with van der Waals surface area (Å²) in [7, 11) is 0. The molecule has 0 bridgehead atoms. The summed E-state index contributed by atoms with van der Waals surface area (Å²) < 4.78 is 1.38. The number of para-hydroxylation sites is 4. The molecule has 1 N–H and O–H groups in total. The van der Waals surface area contributed by atoms with Crippen LogP contribution in [0, 0.1) is 10.1 Å². The number of fused-ring (bicyclic) bond motifs is 1. The van der Waals surface area contributed by atoms with Crippen molar-refractivity contribution in [2.75, 3.05) is 5.32 Å². The summed E-state index contributed by atoms with van der Waals surface area (Å²) in [4.78, 5) is 41.5. The molecule has 0 spiro atoms. The van der Waals surface area contributed by atoms with Gasteiger partial charge in [-0.1, -0.05) is 59.8 Å². The number of nitrogens with zero attached hydrogens (tertiary/aromatic N) is 3. The Morgan fingerprint density at radius 2 is 1.76 bits per heavy atom. The average molecular weight is 481 g/mol. The van der Waals surface area contributed by atoms with Crippen LogP contribution in [-0.4, -0.2) is 25.6 Å². The summed E-state index contributed by atoms with van der Waals surface area (Å²) in [5.41, 5.74) is 0.494. The fourth-order valence-electron chi connectivity index (χ4n) is 3.22. The Bertz CT molecular complexity index is 1440. The van der Waals surface area contributed by atoms with Crippen LogP contribution in [0.2, 0.25) is 5.02 Å². The predicted molar refractivity (Wildman–Crippen MR) is 129 cm³/mol. The second-order valence-corrected chi connectivity index (χ2v) is 8.74. The number of thioether (sulfide) groups is 1. The highest BCUT2D eigenvalue weighted by atomic mass is 35.5. The van der Waals surface area contributed by atoms with Gasteiger partial charge in [0.1, 0.15) is 5.69 Å². The number of amides is 1. The maximum atomic E-state index is 13.3. The molecular weight excluding hydrogens is 464 g/mol. The molecule has 4 aromatic rings. The molecule has 0 aliphatic carbocycles. The van der Waals surface area contributed by atoms with Crippen molar-refractivity contribution in [1.29, 1.82) is 0 Å². The lowest BCUT2D eigenvalue weighted by Crippen LogP contribution is -2.26. The van der Waals surface area contributed by atoms with E-state index in [1.807, 2.05) is 0 Å². The van der Waals surface area contributed by atoms with Crippen molar-refractivity contribution in [2.24, 2.45) is 0 Å². The van der Waals surface area contributed by atoms with Crippen molar-refractivity contribution >= 4 is 51.5 Å². The Balaban J connectivity index is 1.73. The SMILES string of the molecule is CC(Sc1nc2ccccc2c(=O)n1-c1ccccc1Cl)C(=O)Nc1ccccc1[N+](=O)[O-]. The summed E-state index contributed by atoms with van der Waals surface area (Å²) in [5, 5.41) is 14.2. The van der Waals surface area contributed by atoms with Gasteiger partial charge < -0.3 is 5.32 Å². The third-order valence-electron chi connectivity index (χ3n) is 4.85. The molecule has 3 aromatic carbocycles. The van der Waals surface area contributed by atoms with Crippen LogP contribution in [0.3, 0.4) is 0 Å². The highest BCUT2D eigenvalue weighted by Gasteiger charge is 2.23. The van der Waals surface area contributed by atoms with Crippen LogP contribution in [-0.2, 0) is 4.79 Å². The highest BCUT2D eigenvalue weighted by Crippen LogP contribution is 2.29. The van der Waals surface area contributed by atoms with Crippen molar-refractivity contribution in [3.8, 4) is 5.69 Å². The van der Waals surface area contributed by atoms with E-state index in [0.29, 0.717) is 21.6 Å². The smallest absolute Gasteiger partial charge is 0.292 e. The van der Waals surface area contributed by atoms with E-state index < -0.39 is 16.1 Å². The third-order valence-corrected chi connectivity index (χ3v) is 6.22. The van der Waals surface area contributed by atoms with Crippen LogP contribution in [0.1, 0.15) is 6.92 Å². The van der Waals surface area contributed by atoms with Gasteiger partial charge in [0.05, 0.1) is 31.8 Å². The Labute approximate surface area is 197 Å². The van der Waals surface area contributed by atoms with Gasteiger partial charge in [0.25, 0.3) is 11.2 Å². The number of anilines is 1. The van der Waals surface area contributed by atoms with Gasteiger partial charge in [0.2, 0.25) is 5.91 Å². The molecule has 0 aliphatic rings. The van der Waals surface area contributed by atoms with E-state index in [0.717, 1.165) is 11.8 Å². The fourth-order valence-corrected chi connectivity index (χ4v) is 4.36. The van der Waals surface area contributed by atoms with E-state index >= 15 is 0 Å². The van der Waals surface area contributed by atoms with Crippen LogP contribution >= 0.6 is 23.4 Å². The number of nitro benzene ring substituents is 1. The predicted octanol–water partition coefficient (Wildman–Crippen LogP) is 5.07. The molecule has 33 heavy (non-hydrogen) atoms. The third kappa shape index (κ3) is 4.59. The molecule has 1 amide bonds. The Kier molecular flexibility index (Phi) is 6.43. The lowest BCUT2D eigenvalue weighted by molar-refractivity contribution is -0.383. The number of nitro groups is 1. The quantitative estimate of drug-likeness (QED) is 0.179. The first kappa shape index (κ1) is 22.5. The zero-order valence-electron chi connectivity index (χ0n) is 17.3. The van der Waals surface area contributed by atoms with Crippen molar-refractivity contribution in [3.05, 3.63) is 98.3 Å². The van der Waals surface area contributed by atoms with Crippen molar-refractivity contribution in [2.45, 2.75) is 17.3 Å². The summed E-state index contributed by atoms with van der Waals surface area (Å²) in [6.45, 7) is 1.63. The van der Waals surface area contributed by atoms with Crippen LogP contribution in [0.5, 0.6) is 0 Å². The molecule has 8 nitrogen and oxygen atoms in total. The number of halogens is 1. The van der Waals surface area contributed by atoms with E-state index in [9.17, 15) is 19.7 Å². The standard InChI is InChI=1S/C23H17ClN4O4S/c1-14(21(29)25-18-11-5-7-13-20(18)28(31)32)33-23-26-17-10-4-2-8-15(17)22(30)27(23)19-12-6-3-9-16(19)24/h2-14H,1H3,(H,25,29). The topological polar surface area (TPSA) is 107 Å². The number of hydrogen-bond acceptors (Lipinski definition) is 6. The first-order valence-electron chi connectivity index (χ1n) is 9.84. The largest absolute Gasteiger partial charge is 0.319 e. The number of carbonyl (C=O) groups excluding carboxylic acids is 1. The highest BCUT2D eigenvalue weighted by molar-refractivity contribution is 8.00. The average Bonchev–Trinajstić information content (AvgIpc) is 2.80. The van der Waals surface area contributed by atoms with E-state index in [2.05, 4.69) is 10.3 Å². The first-order chi connectivity index (χ1) is 15.9. The molecule has 4 rings (SSSR count). The van der Waals surface area contributed by atoms with Gasteiger partial charge >= 0.3 is 0 Å². The molecule has 0 fully saturated rings. The van der Waals surface area contributed by atoms with Crippen LogP contribution < -0.4 is 10.9 Å². The number of aromatic nitrogens is 2. The van der Waals surface area contributed by atoms with Gasteiger partial charge in [-0.15, -0.1) is 0 Å². The number of rotatable bonds is 6. The number of carbonyl (C=O) groups is 1. The minimum Gasteiger partial charge on any atom is -0.319 e. The number of hydrogen-bond donors (Lipinski definition) is 1. The monoisotopic (exact) mass is 480 g/mol. The van der Waals surface area contributed by atoms with Gasteiger partial charge in [-0.3, -0.25) is 24.3 Å². The maximum absolute atomic E-state index is 13.3. The van der Waals surface area contributed by atoms with Crippen LogP contribution in [0.25, 0.3) is 16.6 Å². The van der Waals surface area contributed by atoms with Gasteiger partial charge in [0, 0.05) is 6.07 Å². The van der Waals surface area contributed by atoms with E-state index in [4.69, 9.17) is 11.6 Å². The molecular formula is C23H17ClN4O4S. The van der Waals surface area contributed by atoms with Crippen molar-refractivity contribution in [1.82, 2.24) is 9.55 Å². The molecule has 1 aromatic heterocycles. The van der Waals surface area contributed by atoms with Crippen LogP contribution in [0.15, 0.2) is 82.7 Å². The summed E-state index contributed by atoms with van der Waals surface area (Å²) in [5.74, 6) is -0.470. The molecule has 0 aliphatic heterocycles. The second kappa shape index (κ2) is 9.43. The second-order valence-electron chi connectivity index (χ2n) is 7.03. The maximum Gasteiger partial charge on any atom is 0.292 e. The van der Waals surface area contributed by atoms with Gasteiger partial charge in [-0.2, -0.15) is 0 Å². The Hall–Kier alpha value is -3.69. The van der Waals surface area contributed by atoms with E-state index in [1.165, 1.54) is 22.8 Å². The van der Waals surface area contributed by atoms with Gasteiger partial charge in [-0.05, 0) is 37.3 Å². The molecule has 1 atom stereocenters. The zero-order chi connectivity index (χ0) is 23.5. The van der Waals surface area contributed by atoms with Gasteiger partial charge in [-0.25, -0.2) is 4.98 Å². The summed E-state index contributed by atoms with van der Waals surface area (Å²) in [6, 6.07) is 19.7. The minimum atomic E-state index is -0.730. The fraction of sp³-hybridized carbons (Fsp3) is 0.0870. The van der Waals surface area contributed by atoms with E-state index in [-0.39, 0.29) is 22.1 Å². The number of nitrogens with one attached hydrogen (secondary N) is 1. The van der Waals surface area contributed by atoms with Gasteiger partial charge in [0.15, 0.2) is 5.16 Å². The molecule has 0 radical (unpaired) electrons. The van der Waals surface area contributed by atoms with Crippen molar-refractivity contribution in [3.63, 3.8) is 0 Å². The minimum absolute atomic E-state index is 0.0925. The summed E-state index contributed by atoms with van der Waals surface area (Å²) in [6.07, 6.45) is 0. The molecule has 0 saturated heterocycles. The normalized spacial score (nSPS) is 11.8. The first-order valence-corrected chi connectivity index (χ1v) is 11.1. The molecule has 166 valence electrons. The number of benzene rings is 3. The molecule has 1 unspecified atom stereocenters. The molecule has 1 heterocycles. The zero-order valence-corrected chi connectivity index (χ0v) is 18.8. The lowest BCUT2D eigenvalue weighted by atomic mass is 10.2.